The fourth-order valence-corrected chi connectivity index (χ4v) is 3.58. The maximum atomic E-state index is 13.2. The molecule has 11 heteroatoms. The summed E-state index contributed by atoms with van der Waals surface area (Å²) >= 11 is 0. The smallest absolute Gasteiger partial charge is 0.383 e. The number of ether oxygens (including phenoxy) is 1. The van der Waals surface area contributed by atoms with Crippen LogP contribution in [0.5, 0.6) is 0 Å². The highest BCUT2D eigenvalue weighted by atomic mass is 19.4. The summed E-state index contributed by atoms with van der Waals surface area (Å²) in [6.45, 7) is 1.58. The van der Waals surface area contributed by atoms with Gasteiger partial charge in [-0.2, -0.15) is 13.2 Å². The van der Waals surface area contributed by atoms with Gasteiger partial charge in [-0.3, -0.25) is 4.79 Å². The first-order chi connectivity index (χ1) is 14.7. The van der Waals surface area contributed by atoms with Gasteiger partial charge in [0, 0.05) is 29.7 Å². The Morgan fingerprint density at radius 2 is 1.97 bits per heavy atom. The second kappa shape index (κ2) is 8.16. The number of carbonyl (C=O) groups is 1. The van der Waals surface area contributed by atoms with Crippen molar-refractivity contribution < 1.29 is 22.7 Å². The largest absolute Gasteiger partial charge is 0.419 e. The monoisotopic (exact) mass is 434 g/mol. The van der Waals surface area contributed by atoms with Crippen molar-refractivity contribution in [1.82, 2.24) is 19.7 Å². The molecule has 0 aromatic carbocycles. The Labute approximate surface area is 175 Å². The highest BCUT2D eigenvalue weighted by Gasteiger charge is 2.34. The maximum absolute atomic E-state index is 13.2. The van der Waals surface area contributed by atoms with Crippen LogP contribution in [0.15, 0.2) is 36.8 Å². The predicted molar refractivity (Wildman–Crippen MR) is 107 cm³/mol. The molecule has 3 aromatic heterocycles. The molecule has 0 aliphatic carbocycles. The van der Waals surface area contributed by atoms with E-state index in [1.54, 1.807) is 28.9 Å². The lowest BCUT2D eigenvalue weighted by Gasteiger charge is -2.25. The van der Waals surface area contributed by atoms with E-state index in [0.717, 1.165) is 32.0 Å². The van der Waals surface area contributed by atoms with Crippen LogP contribution in [0.2, 0.25) is 0 Å². The molecule has 5 N–H and O–H groups in total. The number of fused-ring (bicyclic) bond motifs is 1. The third kappa shape index (κ3) is 4.47. The van der Waals surface area contributed by atoms with Crippen LogP contribution >= 0.6 is 0 Å². The van der Waals surface area contributed by atoms with E-state index in [1.165, 1.54) is 6.20 Å². The fraction of sp³-hybridized carbons (Fsp3) is 0.350. The molecule has 0 saturated carbocycles. The van der Waals surface area contributed by atoms with Gasteiger partial charge in [0.2, 0.25) is 0 Å². The molecule has 164 valence electrons. The third-order valence-electron chi connectivity index (χ3n) is 5.17. The SMILES string of the molecule is NC(=O)C(OC1CCNCC1)c1cn2cc(-c3cnc(N)c(C(F)(F)F)c3)ccc2n1. The summed E-state index contributed by atoms with van der Waals surface area (Å²) in [7, 11) is 0. The first kappa shape index (κ1) is 21.1. The summed E-state index contributed by atoms with van der Waals surface area (Å²) in [6, 6.07) is 4.20. The van der Waals surface area contributed by atoms with E-state index < -0.39 is 29.6 Å². The number of carbonyl (C=O) groups excluding carboxylic acids is 1. The summed E-state index contributed by atoms with van der Waals surface area (Å²) in [6.07, 6.45) is 0.241. The normalized spacial score (nSPS) is 16.5. The van der Waals surface area contributed by atoms with E-state index >= 15 is 0 Å². The second-order valence-electron chi connectivity index (χ2n) is 7.37. The molecule has 1 fully saturated rings. The number of nitrogen functional groups attached to an aromatic ring is 1. The number of primary amides is 1. The van der Waals surface area contributed by atoms with Crippen molar-refractivity contribution >= 4 is 17.4 Å². The van der Waals surface area contributed by atoms with Gasteiger partial charge >= 0.3 is 6.18 Å². The lowest BCUT2D eigenvalue weighted by Crippen LogP contribution is -2.36. The summed E-state index contributed by atoms with van der Waals surface area (Å²) in [5.74, 6) is -1.23. The van der Waals surface area contributed by atoms with Crippen LogP contribution in [-0.4, -0.2) is 39.5 Å². The number of rotatable bonds is 5. The minimum Gasteiger partial charge on any atom is -0.383 e. The van der Waals surface area contributed by atoms with Crippen LogP contribution in [0.4, 0.5) is 19.0 Å². The summed E-state index contributed by atoms with van der Waals surface area (Å²) in [5.41, 5.74) is 11.5. The average molecular weight is 434 g/mol. The zero-order valence-corrected chi connectivity index (χ0v) is 16.4. The van der Waals surface area contributed by atoms with E-state index in [2.05, 4.69) is 15.3 Å². The van der Waals surface area contributed by atoms with E-state index in [0.29, 0.717) is 16.9 Å². The molecule has 1 amide bonds. The predicted octanol–water partition coefficient (Wildman–Crippen LogP) is 2.29. The van der Waals surface area contributed by atoms with Gasteiger partial charge < -0.3 is 25.9 Å². The standard InChI is InChI=1S/C20H21F3N6O2/c21-20(22,23)14-7-12(8-27-18(14)24)11-1-2-16-28-15(10-29(16)9-11)17(19(25)30)31-13-3-5-26-6-4-13/h1-2,7-10,13,17,26H,3-6H2,(H2,24,27)(H2,25,30). The van der Waals surface area contributed by atoms with Crippen LogP contribution in [0.25, 0.3) is 16.8 Å². The number of alkyl halides is 3. The van der Waals surface area contributed by atoms with Crippen molar-refractivity contribution in [2.24, 2.45) is 5.73 Å². The van der Waals surface area contributed by atoms with Gasteiger partial charge in [-0.15, -0.1) is 0 Å². The van der Waals surface area contributed by atoms with Crippen LogP contribution in [-0.2, 0) is 15.7 Å². The van der Waals surface area contributed by atoms with Crippen molar-refractivity contribution in [2.75, 3.05) is 18.8 Å². The Bertz CT molecular complexity index is 1110. The Hall–Kier alpha value is -3.18. The zero-order chi connectivity index (χ0) is 22.2. The molecular formula is C20H21F3N6O2. The van der Waals surface area contributed by atoms with E-state index in [4.69, 9.17) is 16.2 Å². The van der Waals surface area contributed by atoms with Crippen molar-refractivity contribution in [3.05, 3.63) is 48.0 Å². The topological polar surface area (TPSA) is 121 Å². The van der Waals surface area contributed by atoms with Gasteiger partial charge in [0.15, 0.2) is 6.10 Å². The summed E-state index contributed by atoms with van der Waals surface area (Å²) < 4.78 is 47.0. The lowest BCUT2D eigenvalue weighted by atomic mass is 10.1. The van der Waals surface area contributed by atoms with Gasteiger partial charge in [-0.25, -0.2) is 9.97 Å². The number of aromatic nitrogens is 3. The quantitative estimate of drug-likeness (QED) is 0.567. The highest BCUT2D eigenvalue weighted by molar-refractivity contribution is 5.80. The second-order valence-corrected chi connectivity index (χ2v) is 7.37. The summed E-state index contributed by atoms with van der Waals surface area (Å²) in [4.78, 5) is 20.1. The van der Waals surface area contributed by atoms with Crippen LogP contribution in [0.3, 0.4) is 0 Å². The van der Waals surface area contributed by atoms with Crippen molar-refractivity contribution in [3.8, 4) is 11.1 Å². The maximum Gasteiger partial charge on any atom is 0.419 e. The fourth-order valence-electron chi connectivity index (χ4n) is 3.58. The van der Waals surface area contributed by atoms with Crippen molar-refractivity contribution in [3.63, 3.8) is 0 Å². The number of nitrogens with one attached hydrogen (secondary N) is 1. The van der Waals surface area contributed by atoms with Gasteiger partial charge in [-0.1, -0.05) is 0 Å². The number of hydrogen-bond acceptors (Lipinski definition) is 6. The number of anilines is 1. The van der Waals surface area contributed by atoms with E-state index in [-0.39, 0.29) is 11.7 Å². The average Bonchev–Trinajstić information content (AvgIpc) is 3.15. The number of pyridine rings is 2. The molecule has 1 aliphatic rings. The molecule has 1 saturated heterocycles. The molecule has 1 atom stereocenters. The van der Waals surface area contributed by atoms with Crippen LogP contribution in [0.1, 0.15) is 30.2 Å². The number of hydrogen-bond donors (Lipinski definition) is 3. The molecule has 1 aliphatic heterocycles. The number of halogens is 3. The Balaban J connectivity index is 1.66. The first-order valence-corrected chi connectivity index (χ1v) is 9.69. The van der Waals surface area contributed by atoms with Crippen LogP contribution in [0, 0.1) is 0 Å². The number of imidazole rings is 1. The number of amides is 1. The molecule has 3 aromatic rings. The van der Waals surface area contributed by atoms with Gasteiger partial charge in [0.05, 0.1) is 17.4 Å². The van der Waals surface area contributed by atoms with Crippen LogP contribution < -0.4 is 16.8 Å². The molecular weight excluding hydrogens is 413 g/mol. The first-order valence-electron chi connectivity index (χ1n) is 9.69. The number of nitrogens with two attached hydrogens (primary N) is 2. The molecule has 0 bridgehead atoms. The molecule has 4 rings (SSSR count). The summed E-state index contributed by atoms with van der Waals surface area (Å²) in [5, 5.41) is 3.22. The van der Waals surface area contributed by atoms with E-state index in [1.807, 2.05) is 0 Å². The molecule has 1 unspecified atom stereocenters. The van der Waals surface area contributed by atoms with Crippen molar-refractivity contribution in [1.29, 1.82) is 0 Å². The minimum atomic E-state index is -4.61. The minimum absolute atomic E-state index is 0.110. The van der Waals surface area contributed by atoms with Crippen molar-refractivity contribution in [2.45, 2.75) is 31.2 Å². The van der Waals surface area contributed by atoms with E-state index in [9.17, 15) is 18.0 Å². The molecule has 0 radical (unpaired) electrons. The zero-order valence-electron chi connectivity index (χ0n) is 16.4. The van der Waals surface area contributed by atoms with Gasteiger partial charge in [0.1, 0.15) is 11.5 Å². The number of piperidine rings is 1. The Kier molecular flexibility index (Phi) is 5.54. The molecule has 0 spiro atoms. The lowest BCUT2D eigenvalue weighted by molar-refractivity contribution is -0.137. The molecule has 31 heavy (non-hydrogen) atoms. The highest BCUT2D eigenvalue weighted by Crippen LogP contribution is 2.35. The van der Waals surface area contributed by atoms with Gasteiger partial charge in [0.25, 0.3) is 5.91 Å². The molecule has 8 nitrogen and oxygen atoms in total. The Morgan fingerprint density at radius 1 is 1.23 bits per heavy atom. The molecule has 4 heterocycles. The number of nitrogens with zero attached hydrogens (tertiary/aromatic N) is 3. The van der Waals surface area contributed by atoms with Gasteiger partial charge in [-0.05, 0) is 44.1 Å². The Morgan fingerprint density at radius 3 is 2.65 bits per heavy atom. The third-order valence-corrected chi connectivity index (χ3v) is 5.17.